The quantitative estimate of drug-likeness (QED) is 0.875. The molecule has 1 fully saturated rings. The van der Waals surface area contributed by atoms with Crippen LogP contribution in [0.3, 0.4) is 0 Å². The third kappa shape index (κ3) is 3.11. The Kier molecular flexibility index (Phi) is 4.37. The summed E-state index contributed by atoms with van der Waals surface area (Å²) in [6.45, 7) is 6.44. The van der Waals surface area contributed by atoms with Gasteiger partial charge in [0.25, 0.3) is 0 Å². The number of aliphatic hydroxyl groups is 1. The molecule has 1 aliphatic heterocycles. The first kappa shape index (κ1) is 15.3. The monoisotopic (exact) mass is 319 g/mol. The molecule has 0 radical (unpaired) electrons. The fourth-order valence-corrected chi connectivity index (χ4v) is 2.94. The molecule has 7 heteroatoms. The van der Waals surface area contributed by atoms with Crippen molar-refractivity contribution in [2.75, 3.05) is 13.1 Å². The van der Waals surface area contributed by atoms with Crippen LogP contribution in [0.25, 0.3) is 5.69 Å². The predicted molar refractivity (Wildman–Crippen MR) is 86.5 cm³/mol. The number of aliphatic hydroxyl groups excluding tert-OH is 1. The summed E-state index contributed by atoms with van der Waals surface area (Å²) in [6, 6.07) is 6.21. The number of likely N-dealkylation sites (tertiary alicyclic amines) is 1. The van der Waals surface area contributed by atoms with E-state index in [4.69, 9.17) is 12.2 Å². The van der Waals surface area contributed by atoms with Crippen molar-refractivity contribution in [3.05, 3.63) is 34.1 Å². The minimum atomic E-state index is -0.171. The third-order valence-corrected chi connectivity index (χ3v) is 4.51. The number of nitrogens with zero attached hydrogens (tertiary/aromatic N) is 5. The molecule has 22 heavy (non-hydrogen) atoms. The molecular formula is C15H21N5OS. The van der Waals surface area contributed by atoms with Crippen molar-refractivity contribution in [2.45, 2.75) is 39.5 Å². The number of hydrogen-bond acceptors (Lipinski definition) is 5. The molecule has 0 unspecified atom stereocenters. The number of piperidine rings is 1. The van der Waals surface area contributed by atoms with Crippen molar-refractivity contribution in [3.8, 4) is 5.69 Å². The maximum absolute atomic E-state index is 9.57. The van der Waals surface area contributed by atoms with Crippen LogP contribution >= 0.6 is 12.2 Å². The highest BCUT2D eigenvalue weighted by Gasteiger charge is 2.18. The van der Waals surface area contributed by atoms with E-state index in [0.29, 0.717) is 11.4 Å². The van der Waals surface area contributed by atoms with Crippen molar-refractivity contribution in [1.82, 2.24) is 24.7 Å². The second kappa shape index (κ2) is 6.28. The van der Waals surface area contributed by atoms with Gasteiger partial charge in [0.1, 0.15) is 0 Å². The summed E-state index contributed by atoms with van der Waals surface area (Å²) in [5, 5.41) is 18.0. The van der Waals surface area contributed by atoms with Crippen molar-refractivity contribution >= 4 is 12.2 Å². The van der Waals surface area contributed by atoms with Crippen LogP contribution in [0.2, 0.25) is 0 Å². The van der Waals surface area contributed by atoms with Crippen LogP contribution in [0, 0.1) is 18.6 Å². The van der Waals surface area contributed by atoms with E-state index in [-0.39, 0.29) is 6.10 Å². The van der Waals surface area contributed by atoms with Gasteiger partial charge in [-0.3, -0.25) is 4.90 Å². The number of aryl methyl sites for hydroxylation is 2. The predicted octanol–water partition coefficient (Wildman–Crippen LogP) is 1.83. The standard InChI is InChI=1S/C15H21N5OS/c1-11-3-4-12(2)14(9-11)20-15(22)19(16-17-20)10-18-7-5-13(21)6-8-18/h3-4,9,13,21H,5-8,10H2,1-2H3. The van der Waals surface area contributed by atoms with E-state index in [0.717, 1.165) is 37.2 Å². The molecule has 2 heterocycles. The van der Waals surface area contributed by atoms with Gasteiger partial charge in [-0.1, -0.05) is 12.1 Å². The van der Waals surface area contributed by atoms with Crippen LogP contribution in [0.15, 0.2) is 18.2 Å². The number of hydrogen-bond donors (Lipinski definition) is 1. The zero-order chi connectivity index (χ0) is 15.7. The molecule has 6 nitrogen and oxygen atoms in total. The second-order valence-corrected chi connectivity index (χ2v) is 6.32. The van der Waals surface area contributed by atoms with Gasteiger partial charge in [0, 0.05) is 13.1 Å². The van der Waals surface area contributed by atoms with E-state index < -0.39 is 0 Å². The first-order valence-corrected chi connectivity index (χ1v) is 7.96. The van der Waals surface area contributed by atoms with Crippen LogP contribution in [0.1, 0.15) is 24.0 Å². The molecule has 0 aliphatic carbocycles. The van der Waals surface area contributed by atoms with E-state index in [1.54, 1.807) is 9.36 Å². The van der Waals surface area contributed by atoms with Gasteiger partial charge in [0.2, 0.25) is 4.77 Å². The van der Waals surface area contributed by atoms with Gasteiger partial charge in [-0.05, 0) is 66.5 Å². The Hall–Kier alpha value is -1.57. The Balaban J connectivity index is 1.83. The van der Waals surface area contributed by atoms with Gasteiger partial charge in [-0.25, -0.2) is 4.68 Å². The molecule has 2 aromatic rings. The molecule has 0 saturated carbocycles. The molecule has 1 aliphatic rings. The zero-order valence-electron chi connectivity index (χ0n) is 12.9. The van der Waals surface area contributed by atoms with Gasteiger partial charge >= 0.3 is 0 Å². The van der Waals surface area contributed by atoms with Crippen LogP contribution in [-0.2, 0) is 6.67 Å². The van der Waals surface area contributed by atoms with E-state index in [2.05, 4.69) is 40.4 Å². The summed E-state index contributed by atoms with van der Waals surface area (Å²) >= 11 is 5.53. The van der Waals surface area contributed by atoms with Crippen LogP contribution in [0.4, 0.5) is 0 Å². The number of rotatable bonds is 3. The highest BCUT2D eigenvalue weighted by Crippen LogP contribution is 2.16. The van der Waals surface area contributed by atoms with Gasteiger partial charge in [-0.15, -0.1) is 0 Å². The average Bonchev–Trinajstić information content (AvgIpc) is 2.85. The van der Waals surface area contributed by atoms with Crippen LogP contribution in [0.5, 0.6) is 0 Å². The SMILES string of the molecule is Cc1ccc(C)c(-n2nnn(CN3CCC(O)CC3)c2=S)c1. The second-order valence-electron chi connectivity index (χ2n) is 5.95. The fourth-order valence-electron chi connectivity index (χ4n) is 2.71. The Bertz CT molecular complexity index is 715. The third-order valence-electron chi connectivity index (χ3n) is 4.12. The topological polar surface area (TPSA) is 59.1 Å². The summed E-state index contributed by atoms with van der Waals surface area (Å²) in [7, 11) is 0. The Morgan fingerprint density at radius 3 is 2.68 bits per heavy atom. The van der Waals surface area contributed by atoms with Gasteiger partial charge < -0.3 is 5.11 Å². The summed E-state index contributed by atoms with van der Waals surface area (Å²) in [5.41, 5.74) is 3.27. The fraction of sp³-hybridized carbons (Fsp3) is 0.533. The minimum absolute atomic E-state index is 0.171. The number of aromatic nitrogens is 4. The smallest absolute Gasteiger partial charge is 0.221 e. The first-order chi connectivity index (χ1) is 10.5. The number of tetrazole rings is 1. The molecular weight excluding hydrogens is 298 g/mol. The highest BCUT2D eigenvalue weighted by atomic mass is 32.1. The molecule has 118 valence electrons. The molecule has 1 aromatic heterocycles. The Morgan fingerprint density at radius 2 is 1.95 bits per heavy atom. The summed E-state index contributed by atoms with van der Waals surface area (Å²) in [4.78, 5) is 2.24. The lowest BCUT2D eigenvalue weighted by Crippen LogP contribution is -2.37. The lowest BCUT2D eigenvalue weighted by atomic mass is 10.1. The van der Waals surface area contributed by atoms with E-state index in [1.165, 1.54) is 5.56 Å². The Labute approximate surface area is 135 Å². The molecule has 0 atom stereocenters. The molecule has 0 amide bonds. The summed E-state index contributed by atoms with van der Waals surface area (Å²) in [5.74, 6) is 0. The summed E-state index contributed by atoms with van der Waals surface area (Å²) in [6.07, 6.45) is 1.44. The normalized spacial score (nSPS) is 17.0. The maximum Gasteiger partial charge on any atom is 0.221 e. The van der Waals surface area contributed by atoms with Crippen LogP contribution in [-0.4, -0.2) is 49.0 Å². The molecule has 1 N–H and O–H groups in total. The van der Waals surface area contributed by atoms with Gasteiger partial charge in [-0.2, -0.15) is 4.68 Å². The minimum Gasteiger partial charge on any atom is -0.393 e. The van der Waals surface area contributed by atoms with Crippen molar-refractivity contribution in [3.63, 3.8) is 0 Å². The number of benzene rings is 1. The van der Waals surface area contributed by atoms with Crippen LogP contribution < -0.4 is 0 Å². The molecule has 0 spiro atoms. The van der Waals surface area contributed by atoms with Crippen molar-refractivity contribution in [2.24, 2.45) is 0 Å². The van der Waals surface area contributed by atoms with Crippen molar-refractivity contribution in [1.29, 1.82) is 0 Å². The van der Waals surface area contributed by atoms with Gasteiger partial charge in [0.05, 0.1) is 18.5 Å². The maximum atomic E-state index is 9.57. The zero-order valence-corrected chi connectivity index (χ0v) is 13.8. The lowest BCUT2D eigenvalue weighted by Gasteiger charge is -2.28. The van der Waals surface area contributed by atoms with E-state index in [1.807, 2.05) is 6.92 Å². The van der Waals surface area contributed by atoms with Gasteiger partial charge in [0.15, 0.2) is 0 Å². The van der Waals surface area contributed by atoms with E-state index in [9.17, 15) is 5.11 Å². The molecule has 1 aromatic carbocycles. The van der Waals surface area contributed by atoms with E-state index >= 15 is 0 Å². The summed E-state index contributed by atoms with van der Waals surface area (Å²) < 4.78 is 4.06. The van der Waals surface area contributed by atoms with Crippen molar-refractivity contribution < 1.29 is 5.11 Å². The molecule has 1 saturated heterocycles. The average molecular weight is 319 g/mol. The molecule has 3 rings (SSSR count). The molecule has 0 bridgehead atoms. The Morgan fingerprint density at radius 1 is 1.23 bits per heavy atom. The highest BCUT2D eigenvalue weighted by molar-refractivity contribution is 7.71. The largest absolute Gasteiger partial charge is 0.393 e. The lowest BCUT2D eigenvalue weighted by molar-refractivity contribution is 0.0647. The first-order valence-electron chi connectivity index (χ1n) is 7.55.